The van der Waals surface area contributed by atoms with Crippen molar-refractivity contribution in [2.75, 3.05) is 57.4 Å². The number of rotatable bonds is 12. The number of halogens is 2. The Kier molecular flexibility index (Phi) is 11.4. The van der Waals surface area contributed by atoms with E-state index in [1.165, 1.54) is 12.1 Å². The van der Waals surface area contributed by atoms with Crippen molar-refractivity contribution in [1.82, 2.24) is 19.4 Å². The van der Waals surface area contributed by atoms with E-state index in [1.54, 1.807) is 0 Å². The average Bonchev–Trinajstić information content (AvgIpc) is 3.48. The second-order valence-electron chi connectivity index (χ2n) is 12.6. The maximum atomic E-state index is 14.3. The molecule has 0 bridgehead atoms. The molecule has 246 valence electrons. The van der Waals surface area contributed by atoms with Crippen molar-refractivity contribution in [2.24, 2.45) is 5.41 Å². The molecule has 3 aromatic carbocycles. The fourth-order valence-corrected chi connectivity index (χ4v) is 7.20. The van der Waals surface area contributed by atoms with Crippen LogP contribution in [-0.4, -0.2) is 77.7 Å². The molecule has 1 amide bonds. The number of para-hydroxylation sites is 2. The fraction of sp³-hybridized carbons (Fsp3) is 0.459. The molecule has 0 spiro atoms. The number of imidazole rings is 1. The highest BCUT2D eigenvalue weighted by Crippen LogP contribution is 2.42. The highest BCUT2D eigenvalue weighted by molar-refractivity contribution is 5.86. The molecule has 1 aromatic heterocycles. The van der Waals surface area contributed by atoms with Crippen molar-refractivity contribution in [3.63, 3.8) is 0 Å². The van der Waals surface area contributed by atoms with Gasteiger partial charge in [-0.25, -0.2) is 9.37 Å². The zero-order valence-electron chi connectivity index (χ0n) is 27.1. The molecule has 2 atom stereocenters. The normalized spacial score (nSPS) is 19.8. The van der Waals surface area contributed by atoms with E-state index in [1.807, 2.05) is 43.3 Å². The quantitative estimate of drug-likeness (QED) is 0.159. The summed E-state index contributed by atoms with van der Waals surface area (Å²) in [4.78, 5) is 26.4. The Hall–Kier alpha value is -3.46. The van der Waals surface area contributed by atoms with Gasteiger partial charge in [0, 0.05) is 39.3 Å². The highest BCUT2D eigenvalue weighted by Gasteiger charge is 2.47. The number of carbonyl (C=O) groups excluding carboxylic acids is 1. The molecule has 1 unspecified atom stereocenters. The van der Waals surface area contributed by atoms with Crippen LogP contribution in [0.1, 0.15) is 50.3 Å². The monoisotopic (exact) mass is 647 g/mol. The van der Waals surface area contributed by atoms with Gasteiger partial charge in [-0.2, -0.15) is 0 Å². The largest absolute Gasteiger partial charge is 0.380 e. The molecule has 2 fully saturated rings. The molecule has 46 heavy (non-hydrogen) atoms. The average molecular weight is 648 g/mol. The predicted molar refractivity (Wildman–Crippen MR) is 185 cm³/mol. The lowest BCUT2D eigenvalue weighted by Crippen LogP contribution is -2.41. The zero-order valence-corrected chi connectivity index (χ0v) is 27.9. The van der Waals surface area contributed by atoms with Crippen molar-refractivity contribution < 1.29 is 13.9 Å². The van der Waals surface area contributed by atoms with Crippen LogP contribution >= 0.6 is 12.4 Å². The Morgan fingerprint density at radius 1 is 0.913 bits per heavy atom. The molecule has 0 aliphatic carbocycles. The third kappa shape index (κ3) is 7.40. The Labute approximate surface area is 278 Å². The van der Waals surface area contributed by atoms with Crippen LogP contribution < -0.4 is 4.90 Å². The molecular weight excluding hydrogens is 601 g/mol. The van der Waals surface area contributed by atoms with E-state index in [4.69, 9.17) is 9.72 Å². The maximum Gasteiger partial charge on any atom is 0.229 e. The fourth-order valence-electron chi connectivity index (χ4n) is 7.20. The second kappa shape index (κ2) is 15.4. The van der Waals surface area contributed by atoms with Crippen LogP contribution in [0, 0.1) is 11.2 Å². The lowest BCUT2D eigenvalue weighted by atomic mass is 9.77. The molecule has 7 nitrogen and oxygen atoms in total. The van der Waals surface area contributed by atoms with Gasteiger partial charge in [-0.05, 0) is 88.0 Å². The number of anilines is 1. The summed E-state index contributed by atoms with van der Waals surface area (Å²) in [6, 6.07) is 25.4. The molecule has 2 saturated heterocycles. The number of fused-ring (bicyclic) bond motifs is 1. The summed E-state index contributed by atoms with van der Waals surface area (Å²) in [5.74, 6) is 0.995. The van der Waals surface area contributed by atoms with Gasteiger partial charge >= 0.3 is 0 Å². The molecule has 0 radical (unpaired) electrons. The summed E-state index contributed by atoms with van der Waals surface area (Å²) in [6.07, 6.45) is 3.26. The van der Waals surface area contributed by atoms with E-state index in [0.717, 1.165) is 93.2 Å². The predicted octanol–water partition coefficient (Wildman–Crippen LogP) is 6.76. The van der Waals surface area contributed by atoms with Gasteiger partial charge in [0.1, 0.15) is 5.82 Å². The van der Waals surface area contributed by atoms with Gasteiger partial charge in [-0.3, -0.25) is 4.79 Å². The molecule has 6 rings (SSSR count). The summed E-state index contributed by atoms with van der Waals surface area (Å²) in [6.45, 7) is 11.6. The van der Waals surface area contributed by atoms with Gasteiger partial charge in [-0.15, -0.1) is 12.4 Å². The summed E-state index contributed by atoms with van der Waals surface area (Å²) < 4.78 is 21.8. The molecule has 0 N–H and O–H groups in total. The standard InChI is InChI=1S/C37H46FN5O2.ClH/c1-3-45-27-26-43-34-13-8-7-12-33(34)39-36(43)41-21-9-20-40(24-25-41)22-18-37(28-30-14-16-32(38)17-15-30)19-23-42(35(37)44)29(2)31-10-5-4-6-11-31;/h4-8,10-17,29H,3,9,18-28H2,1-2H3;1H/t29-,37?;/m1./s1. The summed E-state index contributed by atoms with van der Waals surface area (Å²) >= 11 is 0. The molecule has 2 aliphatic heterocycles. The summed E-state index contributed by atoms with van der Waals surface area (Å²) in [5, 5.41) is 0. The lowest BCUT2D eigenvalue weighted by molar-refractivity contribution is -0.138. The van der Waals surface area contributed by atoms with Gasteiger partial charge in [0.2, 0.25) is 11.9 Å². The molecule has 3 heterocycles. The van der Waals surface area contributed by atoms with E-state index in [0.29, 0.717) is 19.6 Å². The van der Waals surface area contributed by atoms with Crippen molar-refractivity contribution in [1.29, 1.82) is 0 Å². The van der Waals surface area contributed by atoms with Gasteiger partial charge in [0.25, 0.3) is 0 Å². The van der Waals surface area contributed by atoms with Crippen molar-refractivity contribution in [3.8, 4) is 0 Å². The van der Waals surface area contributed by atoms with E-state index in [2.05, 4.69) is 56.5 Å². The first-order valence-corrected chi connectivity index (χ1v) is 16.6. The first kappa shape index (κ1) is 33.9. The number of benzene rings is 3. The second-order valence-corrected chi connectivity index (χ2v) is 12.6. The van der Waals surface area contributed by atoms with Crippen LogP contribution in [0.15, 0.2) is 78.9 Å². The number of nitrogens with zero attached hydrogens (tertiary/aromatic N) is 5. The molecule has 0 saturated carbocycles. The van der Waals surface area contributed by atoms with Crippen LogP contribution in [0.2, 0.25) is 0 Å². The molecule has 9 heteroatoms. The van der Waals surface area contributed by atoms with Gasteiger partial charge < -0.3 is 24.0 Å². The van der Waals surface area contributed by atoms with E-state index in [-0.39, 0.29) is 30.2 Å². The Morgan fingerprint density at radius 3 is 2.46 bits per heavy atom. The third-order valence-electron chi connectivity index (χ3n) is 9.83. The minimum atomic E-state index is -0.500. The van der Waals surface area contributed by atoms with Crippen LogP contribution in [0.4, 0.5) is 10.3 Å². The number of amides is 1. The number of aromatic nitrogens is 2. The zero-order chi connectivity index (χ0) is 31.2. The number of carbonyl (C=O) groups is 1. The highest BCUT2D eigenvalue weighted by atomic mass is 35.5. The van der Waals surface area contributed by atoms with Crippen molar-refractivity contribution in [2.45, 2.75) is 52.1 Å². The maximum absolute atomic E-state index is 14.3. The topological polar surface area (TPSA) is 53.8 Å². The first-order chi connectivity index (χ1) is 22.0. The molecular formula is C37H47ClFN5O2. The number of hydrogen-bond acceptors (Lipinski definition) is 5. The van der Waals surface area contributed by atoms with Crippen LogP contribution in [0.3, 0.4) is 0 Å². The first-order valence-electron chi connectivity index (χ1n) is 16.6. The minimum Gasteiger partial charge on any atom is -0.380 e. The third-order valence-corrected chi connectivity index (χ3v) is 9.83. The SMILES string of the molecule is CCOCCn1c(N2CCCN(CCC3(Cc4ccc(F)cc4)CCN([C@H](C)c4ccccc4)C3=O)CC2)nc2ccccc21.Cl. The van der Waals surface area contributed by atoms with Gasteiger partial charge in [0.15, 0.2) is 0 Å². The van der Waals surface area contributed by atoms with Crippen LogP contribution in [0.5, 0.6) is 0 Å². The van der Waals surface area contributed by atoms with E-state index >= 15 is 0 Å². The number of hydrogen-bond donors (Lipinski definition) is 0. The molecule has 2 aliphatic rings. The van der Waals surface area contributed by atoms with E-state index in [9.17, 15) is 9.18 Å². The van der Waals surface area contributed by atoms with E-state index < -0.39 is 5.41 Å². The van der Waals surface area contributed by atoms with Crippen LogP contribution in [0.25, 0.3) is 11.0 Å². The Morgan fingerprint density at radius 2 is 1.67 bits per heavy atom. The summed E-state index contributed by atoms with van der Waals surface area (Å²) in [7, 11) is 0. The smallest absolute Gasteiger partial charge is 0.229 e. The van der Waals surface area contributed by atoms with Gasteiger partial charge in [-0.1, -0.05) is 54.6 Å². The van der Waals surface area contributed by atoms with Crippen molar-refractivity contribution >= 4 is 35.3 Å². The lowest BCUT2D eigenvalue weighted by Gasteiger charge is -2.33. The number of ether oxygens (including phenoxy) is 1. The van der Waals surface area contributed by atoms with Crippen molar-refractivity contribution in [3.05, 3.63) is 95.8 Å². The van der Waals surface area contributed by atoms with Crippen LogP contribution in [-0.2, 0) is 22.5 Å². The van der Waals surface area contributed by atoms with Gasteiger partial charge in [0.05, 0.1) is 29.1 Å². The Bertz CT molecular complexity index is 1570. The summed E-state index contributed by atoms with van der Waals surface area (Å²) in [5.41, 5.74) is 3.84. The molecule has 4 aromatic rings. The number of likely N-dealkylation sites (tertiary alicyclic amines) is 1. The minimum absolute atomic E-state index is 0. The Balaban J connectivity index is 0.00000417.